The molecule has 0 amide bonds. The van der Waals surface area contributed by atoms with Gasteiger partial charge in [-0.25, -0.2) is 4.79 Å². The summed E-state index contributed by atoms with van der Waals surface area (Å²) in [6.07, 6.45) is 0. The third kappa shape index (κ3) is 3.60. The number of rotatable bonds is 6. The lowest BCUT2D eigenvalue weighted by Crippen LogP contribution is -2.01. The molecule has 0 atom stereocenters. The topological polar surface area (TPSA) is 101 Å². The van der Waals surface area contributed by atoms with Crippen LogP contribution >= 0.6 is 0 Å². The summed E-state index contributed by atoms with van der Waals surface area (Å²) in [5, 5.41) is 11.1. The Morgan fingerprint density at radius 1 is 1.30 bits per heavy atom. The van der Waals surface area contributed by atoms with Crippen LogP contribution in [-0.2, 0) is 11.3 Å². The van der Waals surface area contributed by atoms with E-state index in [1.807, 2.05) is 0 Å². The Kier molecular flexibility index (Phi) is 4.85. The highest BCUT2D eigenvalue weighted by molar-refractivity contribution is 5.90. The number of furan rings is 1. The molecule has 0 fully saturated rings. The third-order valence-electron chi connectivity index (χ3n) is 3.11. The molecule has 0 aliphatic carbocycles. The highest BCUT2D eigenvalue weighted by atomic mass is 16.6. The van der Waals surface area contributed by atoms with Crippen LogP contribution in [0.25, 0.3) is 0 Å². The molecule has 23 heavy (non-hydrogen) atoms. The van der Waals surface area contributed by atoms with E-state index in [0.29, 0.717) is 17.3 Å². The molecule has 0 saturated heterocycles. The fraction of sp³-hybridized carbons (Fsp3) is 0.267. The van der Waals surface area contributed by atoms with E-state index >= 15 is 0 Å². The number of benzene rings is 1. The molecular weight excluding hydrogens is 306 g/mol. The maximum Gasteiger partial charge on any atom is 0.341 e. The van der Waals surface area contributed by atoms with Gasteiger partial charge in [0.15, 0.2) is 5.75 Å². The summed E-state index contributed by atoms with van der Waals surface area (Å²) in [4.78, 5) is 22.0. The number of hydrogen-bond donors (Lipinski definition) is 0. The van der Waals surface area contributed by atoms with E-state index < -0.39 is 10.9 Å². The summed E-state index contributed by atoms with van der Waals surface area (Å²) >= 11 is 0. The van der Waals surface area contributed by atoms with Crippen molar-refractivity contribution in [2.75, 3.05) is 14.2 Å². The summed E-state index contributed by atoms with van der Waals surface area (Å²) < 4.78 is 20.4. The van der Waals surface area contributed by atoms with Crippen molar-refractivity contribution < 1.29 is 28.3 Å². The molecule has 1 heterocycles. The Balaban J connectivity index is 2.18. The SMILES string of the molecule is COC(=O)c1cc(COc2ccc(OC)cc2[N+](=O)[O-])oc1C. The van der Waals surface area contributed by atoms with E-state index in [2.05, 4.69) is 4.74 Å². The van der Waals surface area contributed by atoms with Crippen LogP contribution in [0.2, 0.25) is 0 Å². The molecule has 8 nitrogen and oxygen atoms in total. The summed E-state index contributed by atoms with van der Waals surface area (Å²) in [6, 6.07) is 5.74. The van der Waals surface area contributed by atoms with E-state index in [1.165, 1.54) is 32.4 Å². The van der Waals surface area contributed by atoms with Gasteiger partial charge in [0.25, 0.3) is 0 Å². The van der Waals surface area contributed by atoms with Crippen molar-refractivity contribution in [2.24, 2.45) is 0 Å². The van der Waals surface area contributed by atoms with Crippen molar-refractivity contribution in [1.29, 1.82) is 0 Å². The van der Waals surface area contributed by atoms with E-state index in [1.54, 1.807) is 13.0 Å². The minimum atomic E-state index is -0.564. The van der Waals surface area contributed by atoms with Gasteiger partial charge in [-0.15, -0.1) is 0 Å². The van der Waals surface area contributed by atoms with Gasteiger partial charge in [0.2, 0.25) is 0 Å². The van der Waals surface area contributed by atoms with Gasteiger partial charge in [-0.3, -0.25) is 10.1 Å². The molecule has 0 bridgehead atoms. The number of nitro groups is 1. The predicted molar refractivity (Wildman–Crippen MR) is 78.8 cm³/mol. The minimum absolute atomic E-state index is 0.0645. The normalized spacial score (nSPS) is 10.2. The van der Waals surface area contributed by atoms with Crippen molar-refractivity contribution in [1.82, 2.24) is 0 Å². The zero-order valence-corrected chi connectivity index (χ0v) is 12.8. The molecule has 0 unspecified atom stereocenters. The zero-order chi connectivity index (χ0) is 17.0. The van der Waals surface area contributed by atoms with E-state index in [4.69, 9.17) is 13.9 Å². The Hall–Kier alpha value is -3.03. The molecule has 0 spiro atoms. The highest BCUT2D eigenvalue weighted by Crippen LogP contribution is 2.31. The molecule has 8 heteroatoms. The van der Waals surface area contributed by atoms with Crippen molar-refractivity contribution in [3.63, 3.8) is 0 Å². The lowest BCUT2D eigenvalue weighted by atomic mass is 10.2. The van der Waals surface area contributed by atoms with Crippen molar-refractivity contribution in [2.45, 2.75) is 13.5 Å². The van der Waals surface area contributed by atoms with Gasteiger partial charge in [0.05, 0.1) is 25.2 Å². The van der Waals surface area contributed by atoms with Crippen LogP contribution in [-0.4, -0.2) is 25.1 Å². The predicted octanol–water partition coefficient (Wildman–Crippen LogP) is 2.87. The van der Waals surface area contributed by atoms with Crippen LogP contribution in [0, 0.1) is 17.0 Å². The molecule has 0 saturated carbocycles. The van der Waals surface area contributed by atoms with Crippen LogP contribution in [0.3, 0.4) is 0 Å². The molecule has 0 aliphatic rings. The molecule has 0 N–H and O–H groups in total. The number of carbonyl (C=O) groups is 1. The number of nitrogens with zero attached hydrogens (tertiary/aromatic N) is 1. The second-order valence-corrected chi connectivity index (χ2v) is 4.55. The van der Waals surface area contributed by atoms with E-state index in [0.717, 1.165) is 0 Å². The lowest BCUT2D eigenvalue weighted by Gasteiger charge is -2.06. The first-order valence-corrected chi connectivity index (χ1v) is 6.59. The number of nitro benzene ring substituents is 1. The first-order chi connectivity index (χ1) is 11.0. The van der Waals surface area contributed by atoms with Gasteiger partial charge in [0, 0.05) is 0 Å². The number of ether oxygens (including phenoxy) is 3. The molecule has 0 aliphatic heterocycles. The van der Waals surface area contributed by atoms with Crippen LogP contribution in [0.5, 0.6) is 11.5 Å². The van der Waals surface area contributed by atoms with Crippen LogP contribution in [0.1, 0.15) is 21.9 Å². The first kappa shape index (κ1) is 16.3. The van der Waals surface area contributed by atoms with Crippen LogP contribution < -0.4 is 9.47 Å². The van der Waals surface area contributed by atoms with Gasteiger partial charge in [-0.1, -0.05) is 0 Å². The molecule has 1 aromatic heterocycles. The van der Waals surface area contributed by atoms with Crippen molar-refractivity contribution in [3.8, 4) is 11.5 Å². The van der Waals surface area contributed by atoms with Gasteiger partial charge >= 0.3 is 11.7 Å². The number of carbonyl (C=O) groups excluding carboxylic acids is 1. The lowest BCUT2D eigenvalue weighted by molar-refractivity contribution is -0.386. The van der Waals surface area contributed by atoms with Crippen molar-refractivity contribution in [3.05, 3.63) is 51.5 Å². The Bertz CT molecular complexity index is 735. The van der Waals surface area contributed by atoms with Gasteiger partial charge < -0.3 is 18.6 Å². The zero-order valence-electron chi connectivity index (χ0n) is 12.8. The summed E-state index contributed by atoms with van der Waals surface area (Å²) in [7, 11) is 2.69. The minimum Gasteiger partial charge on any atom is -0.496 e. The summed E-state index contributed by atoms with van der Waals surface area (Å²) in [5.41, 5.74) is 0.0659. The molecule has 2 aromatic rings. The molecular formula is C15H15NO7. The smallest absolute Gasteiger partial charge is 0.341 e. The Morgan fingerprint density at radius 2 is 2.04 bits per heavy atom. The maximum absolute atomic E-state index is 11.5. The average molecular weight is 321 g/mol. The fourth-order valence-electron chi connectivity index (χ4n) is 1.97. The number of hydrogen-bond acceptors (Lipinski definition) is 7. The molecule has 0 radical (unpaired) electrons. The quantitative estimate of drug-likeness (QED) is 0.458. The van der Waals surface area contributed by atoms with Gasteiger partial charge in [-0.2, -0.15) is 0 Å². The Labute approximate surface area is 131 Å². The monoisotopic (exact) mass is 321 g/mol. The second-order valence-electron chi connectivity index (χ2n) is 4.55. The van der Waals surface area contributed by atoms with Crippen molar-refractivity contribution >= 4 is 11.7 Å². The van der Waals surface area contributed by atoms with Crippen LogP contribution in [0.4, 0.5) is 5.69 Å². The molecule has 122 valence electrons. The number of methoxy groups -OCH3 is 2. The molecule has 2 rings (SSSR count). The summed E-state index contributed by atoms with van der Waals surface area (Å²) in [5.74, 6) is 0.649. The van der Waals surface area contributed by atoms with Gasteiger partial charge in [0.1, 0.15) is 29.4 Å². The fourth-order valence-corrected chi connectivity index (χ4v) is 1.97. The largest absolute Gasteiger partial charge is 0.496 e. The van der Waals surface area contributed by atoms with Gasteiger partial charge in [-0.05, 0) is 25.1 Å². The maximum atomic E-state index is 11.5. The highest BCUT2D eigenvalue weighted by Gasteiger charge is 2.19. The van der Waals surface area contributed by atoms with E-state index in [9.17, 15) is 14.9 Å². The average Bonchev–Trinajstić information content (AvgIpc) is 2.92. The number of esters is 1. The first-order valence-electron chi connectivity index (χ1n) is 6.59. The standard InChI is InChI=1S/C15H15NO7/c1-9-12(15(17)21-3)6-11(23-9)8-22-14-5-4-10(20-2)7-13(14)16(18)19/h4-7H,8H2,1-3H3. The van der Waals surface area contributed by atoms with Crippen LogP contribution in [0.15, 0.2) is 28.7 Å². The molecule has 1 aromatic carbocycles. The Morgan fingerprint density at radius 3 is 2.65 bits per heavy atom. The number of aryl methyl sites for hydroxylation is 1. The summed E-state index contributed by atoms with van der Waals surface area (Å²) in [6.45, 7) is 1.55. The second kappa shape index (κ2) is 6.82. The van der Waals surface area contributed by atoms with E-state index in [-0.39, 0.29) is 23.6 Å². The third-order valence-corrected chi connectivity index (χ3v) is 3.11.